The van der Waals surface area contributed by atoms with Gasteiger partial charge in [-0.3, -0.25) is 4.90 Å². The van der Waals surface area contributed by atoms with Crippen LogP contribution in [0.5, 0.6) is 0 Å². The predicted octanol–water partition coefficient (Wildman–Crippen LogP) is 1.63. The van der Waals surface area contributed by atoms with Crippen molar-refractivity contribution in [1.29, 1.82) is 0 Å². The molecule has 1 fully saturated rings. The van der Waals surface area contributed by atoms with Crippen molar-refractivity contribution in [3.63, 3.8) is 0 Å². The number of likely N-dealkylation sites (tertiary alicyclic amines) is 1. The maximum Gasteiger partial charge on any atom is 0.128 e. The van der Waals surface area contributed by atoms with Gasteiger partial charge in [-0.15, -0.1) is 0 Å². The van der Waals surface area contributed by atoms with Gasteiger partial charge < -0.3 is 10.3 Å². The number of hydrogen-bond acceptors (Lipinski definition) is 3. The molecule has 0 bridgehead atoms. The average Bonchev–Trinajstić information content (AvgIpc) is 2.62. The molecule has 1 atom stereocenters. The van der Waals surface area contributed by atoms with Crippen LogP contribution >= 0.6 is 11.6 Å². The Bertz CT molecular complexity index is 367. The fourth-order valence-corrected chi connectivity index (χ4v) is 2.55. The number of aromatic nitrogens is 2. The maximum atomic E-state index is 5.98. The normalized spacial score (nSPS) is 20.7. The van der Waals surface area contributed by atoms with Crippen molar-refractivity contribution in [2.45, 2.75) is 32.4 Å². The van der Waals surface area contributed by atoms with Crippen molar-refractivity contribution in [2.75, 3.05) is 13.1 Å². The van der Waals surface area contributed by atoms with Gasteiger partial charge in [-0.05, 0) is 38.8 Å². The van der Waals surface area contributed by atoms with E-state index in [1.165, 1.54) is 12.8 Å². The minimum absolute atomic E-state index is 0.319. The van der Waals surface area contributed by atoms with Crippen LogP contribution in [0.15, 0.2) is 6.20 Å². The minimum atomic E-state index is 0.319. The third-order valence-electron chi connectivity index (χ3n) is 3.77. The zero-order valence-electron chi connectivity index (χ0n) is 10.6. The summed E-state index contributed by atoms with van der Waals surface area (Å²) >= 11 is 5.98. The first-order valence-corrected chi connectivity index (χ1v) is 6.59. The number of halogens is 1. The monoisotopic (exact) mass is 256 g/mol. The summed E-state index contributed by atoms with van der Waals surface area (Å²) in [5.74, 6) is 1.71. The van der Waals surface area contributed by atoms with Crippen LogP contribution < -0.4 is 5.73 Å². The Morgan fingerprint density at radius 2 is 2.18 bits per heavy atom. The van der Waals surface area contributed by atoms with Gasteiger partial charge in [0.15, 0.2) is 0 Å². The van der Waals surface area contributed by atoms with Gasteiger partial charge in [0.1, 0.15) is 11.0 Å². The second-order valence-corrected chi connectivity index (χ2v) is 5.42. The molecule has 0 saturated carbocycles. The van der Waals surface area contributed by atoms with Crippen LogP contribution in [0, 0.1) is 5.92 Å². The molecule has 2 rings (SSSR count). The Labute approximate surface area is 108 Å². The van der Waals surface area contributed by atoms with Crippen LogP contribution in [0.1, 0.15) is 25.6 Å². The van der Waals surface area contributed by atoms with E-state index in [1.807, 2.05) is 11.6 Å². The summed E-state index contributed by atoms with van der Waals surface area (Å²) in [6.45, 7) is 5.21. The first-order valence-electron chi connectivity index (χ1n) is 6.22. The highest BCUT2D eigenvalue weighted by Crippen LogP contribution is 2.21. The van der Waals surface area contributed by atoms with Crippen molar-refractivity contribution in [3.05, 3.63) is 17.2 Å². The third-order valence-corrected chi connectivity index (χ3v) is 4.12. The van der Waals surface area contributed by atoms with Crippen LogP contribution in [-0.4, -0.2) is 33.6 Å². The highest BCUT2D eigenvalue weighted by molar-refractivity contribution is 6.29. The average molecular weight is 257 g/mol. The Kier molecular flexibility index (Phi) is 4.07. The summed E-state index contributed by atoms with van der Waals surface area (Å²) < 4.78 is 1.94. The molecule has 1 saturated heterocycles. The van der Waals surface area contributed by atoms with Crippen molar-refractivity contribution in [2.24, 2.45) is 18.7 Å². The van der Waals surface area contributed by atoms with E-state index in [0.29, 0.717) is 17.1 Å². The summed E-state index contributed by atoms with van der Waals surface area (Å²) in [6, 6.07) is 0.319. The Morgan fingerprint density at radius 1 is 1.53 bits per heavy atom. The first-order chi connectivity index (χ1) is 8.08. The predicted molar refractivity (Wildman–Crippen MR) is 69.9 cm³/mol. The molecule has 5 heteroatoms. The molecule has 4 nitrogen and oxygen atoms in total. The van der Waals surface area contributed by atoms with Gasteiger partial charge in [-0.2, -0.15) is 0 Å². The van der Waals surface area contributed by atoms with E-state index in [9.17, 15) is 0 Å². The van der Waals surface area contributed by atoms with Gasteiger partial charge in [0, 0.05) is 13.1 Å². The zero-order valence-corrected chi connectivity index (χ0v) is 11.3. The molecule has 1 aliphatic heterocycles. The maximum absolute atomic E-state index is 5.98. The lowest BCUT2D eigenvalue weighted by Gasteiger charge is -2.33. The topological polar surface area (TPSA) is 47.1 Å². The molecule has 2 heterocycles. The number of nitrogens with two attached hydrogens (primary N) is 1. The first kappa shape index (κ1) is 12.9. The number of rotatable bonds is 3. The highest BCUT2D eigenvalue weighted by Gasteiger charge is 2.22. The third kappa shape index (κ3) is 3.00. The van der Waals surface area contributed by atoms with Crippen molar-refractivity contribution < 1.29 is 0 Å². The van der Waals surface area contributed by atoms with E-state index < -0.39 is 0 Å². The molecule has 1 unspecified atom stereocenters. The van der Waals surface area contributed by atoms with Crippen molar-refractivity contribution >= 4 is 11.6 Å². The summed E-state index contributed by atoms with van der Waals surface area (Å²) in [5, 5.41) is 0.700. The van der Waals surface area contributed by atoms with Crippen LogP contribution in [0.2, 0.25) is 5.15 Å². The second kappa shape index (κ2) is 5.38. The summed E-state index contributed by atoms with van der Waals surface area (Å²) in [4.78, 5) is 6.76. The quantitative estimate of drug-likeness (QED) is 0.894. The van der Waals surface area contributed by atoms with Gasteiger partial charge in [-0.25, -0.2) is 4.98 Å². The van der Waals surface area contributed by atoms with Crippen molar-refractivity contribution in [3.8, 4) is 0 Å². The molecule has 1 aromatic rings. The standard InChI is InChI=1S/C12H21ClN4/c1-9(14)10-3-5-17(6-4-10)8-12-15-7-11(13)16(12)2/h7,9-10H,3-6,8,14H2,1-2H3. The van der Waals surface area contributed by atoms with E-state index in [4.69, 9.17) is 17.3 Å². The molecule has 0 spiro atoms. The molecule has 96 valence electrons. The summed E-state index contributed by atoms with van der Waals surface area (Å²) in [6.07, 6.45) is 4.09. The molecule has 1 aliphatic rings. The number of hydrogen-bond donors (Lipinski definition) is 1. The molecular weight excluding hydrogens is 236 g/mol. The van der Waals surface area contributed by atoms with Gasteiger partial charge in [-0.1, -0.05) is 11.6 Å². The van der Waals surface area contributed by atoms with E-state index in [-0.39, 0.29) is 0 Å². The molecule has 0 amide bonds. The van der Waals surface area contributed by atoms with Gasteiger partial charge in [0.2, 0.25) is 0 Å². The molecular formula is C12H21ClN4. The minimum Gasteiger partial charge on any atom is -0.328 e. The Balaban J connectivity index is 1.88. The highest BCUT2D eigenvalue weighted by atomic mass is 35.5. The van der Waals surface area contributed by atoms with Crippen LogP contribution in [-0.2, 0) is 13.6 Å². The number of imidazole rings is 1. The van der Waals surface area contributed by atoms with E-state index in [0.717, 1.165) is 25.5 Å². The van der Waals surface area contributed by atoms with Crippen LogP contribution in [0.25, 0.3) is 0 Å². The second-order valence-electron chi connectivity index (χ2n) is 5.03. The van der Waals surface area contributed by atoms with Crippen LogP contribution in [0.4, 0.5) is 0 Å². The largest absolute Gasteiger partial charge is 0.328 e. The smallest absolute Gasteiger partial charge is 0.128 e. The van der Waals surface area contributed by atoms with Crippen LogP contribution in [0.3, 0.4) is 0 Å². The lowest BCUT2D eigenvalue weighted by atomic mass is 9.91. The molecule has 0 aromatic carbocycles. The zero-order chi connectivity index (χ0) is 12.4. The molecule has 0 radical (unpaired) electrons. The SMILES string of the molecule is CC(N)C1CCN(Cc2ncc(Cl)n2C)CC1. The number of piperidine rings is 1. The van der Waals surface area contributed by atoms with Crippen molar-refractivity contribution in [1.82, 2.24) is 14.5 Å². The fourth-order valence-electron chi connectivity index (χ4n) is 2.41. The summed E-state index contributed by atoms with van der Waals surface area (Å²) in [5.41, 5.74) is 5.94. The Hall–Kier alpha value is -0.580. The molecule has 17 heavy (non-hydrogen) atoms. The molecule has 2 N–H and O–H groups in total. The van der Waals surface area contributed by atoms with E-state index in [2.05, 4.69) is 16.8 Å². The molecule has 0 aliphatic carbocycles. The number of nitrogens with zero attached hydrogens (tertiary/aromatic N) is 3. The molecule has 1 aromatic heterocycles. The lowest BCUT2D eigenvalue weighted by Crippen LogP contribution is -2.39. The van der Waals surface area contributed by atoms with Gasteiger partial charge in [0.25, 0.3) is 0 Å². The summed E-state index contributed by atoms with van der Waals surface area (Å²) in [7, 11) is 1.96. The Morgan fingerprint density at radius 3 is 2.65 bits per heavy atom. The van der Waals surface area contributed by atoms with E-state index in [1.54, 1.807) is 6.20 Å². The fraction of sp³-hybridized carbons (Fsp3) is 0.750. The van der Waals surface area contributed by atoms with Gasteiger partial charge in [0.05, 0.1) is 12.7 Å². The lowest BCUT2D eigenvalue weighted by molar-refractivity contribution is 0.161. The van der Waals surface area contributed by atoms with E-state index >= 15 is 0 Å². The van der Waals surface area contributed by atoms with Gasteiger partial charge >= 0.3 is 0 Å².